The molecule has 0 radical (unpaired) electrons. The Balaban J connectivity index is 2.05. The number of aromatic nitrogens is 2. The Labute approximate surface area is 129 Å². The number of nitrogens with zero attached hydrogens (tertiary/aromatic N) is 2. The zero-order chi connectivity index (χ0) is 14.8. The molecule has 2 rings (SSSR count). The second kappa shape index (κ2) is 6.20. The summed E-state index contributed by atoms with van der Waals surface area (Å²) in [6.07, 6.45) is 0.887. The standard InChI is InChI=1S/C15H20ClN3S/c1-10-5-6-11(12(16)9-10)14-19-18-13(20-14)7-8-17-15(2,3)4/h5-6,9,17H,7-8H2,1-4H3. The van der Waals surface area contributed by atoms with Gasteiger partial charge >= 0.3 is 0 Å². The Morgan fingerprint density at radius 3 is 2.65 bits per heavy atom. The lowest BCUT2D eigenvalue weighted by atomic mass is 10.1. The second-order valence-corrected chi connectivity index (χ2v) is 7.38. The first kappa shape index (κ1) is 15.4. The topological polar surface area (TPSA) is 37.8 Å². The van der Waals surface area contributed by atoms with Crippen molar-refractivity contribution in [3.05, 3.63) is 33.8 Å². The van der Waals surface area contributed by atoms with Crippen LogP contribution in [0.3, 0.4) is 0 Å². The molecule has 1 N–H and O–H groups in total. The molecule has 20 heavy (non-hydrogen) atoms. The normalized spacial score (nSPS) is 11.8. The van der Waals surface area contributed by atoms with E-state index in [1.54, 1.807) is 11.3 Å². The number of hydrogen-bond acceptors (Lipinski definition) is 4. The van der Waals surface area contributed by atoms with Crippen molar-refractivity contribution >= 4 is 22.9 Å². The van der Waals surface area contributed by atoms with Gasteiger partial charge in [-0.05, 0) is 39.3 Å². The van der Waals surface area contributed by atoms with Gasteiger partial charge in [-0.25, -0.2) is 0 Å². The van der Waals surface area contributed by atoms with Crippen LogP contribution < -0.4 is 5.32 Å². The summed E-state index contributed by atoms with van der Waals surface area (Å²) in [6.45, 7) is 9.40. The summed E-state index contributed by atoms with van der Waals surface area (Å²) in [5, 5.41) is 14.6. The zero-order valence-corrected chi connectivity index (χ0v) is 13.9. The largest absolute Gasteiger partial charge is 0.312 e. The molecule has 0 amide bonds. The van der Waals surface area contributed by atoms with Gasteiger partial charge in [0.2, 0.25) is 0 Å². The van der Waals surface area contributed by atoms with Gasteiger partial charge in [0.15, 0.2) is 0 Å². The number of halogens is 1. The number of benzene rings is 1. The van der Waals surface area contributed by atoms with Crippen molar-refractivity contribution in [1.29, 1.82) is 0 Å². The molecule has 2 aromatic rings. The molecule has 1 aromatic carbocycles. The molecule has 0 aliphatic carbocycles. The number of nitrogens with one attached hydrogen (secondary N) is 1. The van der Waals surface area contributed by atoms with Gasteiger partial charge < -0.3 is 5.32 Å². The maximum Gasteiger partial charge on any atom is 0.149 e. The van der Waals surface area contributed by atoms with E-state index in [9.17, 15) is 0 Å². The summed E-state index contributed by atoms with van der Waals surface area (Å²) in [5.74, 6) is 0. The monoisotopic (exact) mass is 309 g/mol. The predicted octanol–water partition coefficient (Wildman–Crippen LogP) is 4.10. The van der Waals surface area contributed by atoms with Gasteiger partial charge in [0.1, 0.15) is 10.0 Å². The Bertz CT molecular complexity index is 587. The lowest BCUT2D eigenvalue weighted by Crippen LogP contribution is -2.37. The number of rotatable bonds is 4. The summed E-state index contributed by atoms with van der Waals surface area (Å²) < 4.78 is 0. The lowest BCUT2D eigenvalue weighted by molar-refractivity contribution is 0.429. The Hall–Kier alpha value is -0.970. The predicted molar refractivity (Wildman–Crippen MR) is 86.6 cm³/mol. The first-order valence-corrected chi connectivity index (χ1v) is 7.88. The van der Waals surface area contributed by atoms with E-state index < -0.39 is 0 Å². The van der Waals surface area contributed by atoms with Crippen LogP contribution in [0.25, 0.3) is 10.6 Å². The van der Waals surface area contributed by atoms with Crippen molar-refractivity contribution in [2.75, 3.05) is 6.54 Å². The van der Waals surface area contributed by atoms with Crippen LogP contribution >= 0.6 is 22.9 Å². The third kappa shape index (κ3) is 4.27. The van der Waals surface area contributed by atoms with E-state index in [1.165, 1.54) is 0 Å². The van der Waals surface area contributed by atoms with Crippen molar-refractivity contribution in [3.63, 3.8) is 0 Å². The van der Waals surface area contributed by atoms with Crippen molar-refractivity contribution in [1.82, 2.24) is 15.5 Å². The van der Waals surface area contributed by atoms with Crippen molar-refractivity contribution < 1.29 is 0 Å². The highest BCUT2D eigenvalue weighted by Crippen LogP contribution is 2.30. The molecule has 0 unspecified atom stereocenters. The summed E-state index contributed by atoms with van der Waals surface area (Å²) in [7, 11) is 0. The maximum atomic E-state index is 6.26. The van der Waals surface area contributed by atoms with Crippen molar-refractivity contribution in [2.45, 2.75) is 39.7 Å². The van der Waals surface area contributed by atoms with Gasteiger partial charge in [-0.15, -0.1) is 10.2 Å². The summed E-state index contributed by atoms with van der Waals surface area (Å²) in [6, 6.07) is 6.01. The molecule has 1 heterocycles. The summed E-state index contributed by atoms with van der Waals surface area (Å²) in [5.41, 5.74) is 2.25. The molecule has 0 saturated carbocycles. The summed E-state index contributed by atoms with van der Waals surface area (Å²) in [4.78, 5) is 0. The first-order chi connectivity index (χ1) is 9.35. The average molecular weight is 310 g/mol. The van der Waals surface area contributed by atoms with E-state index in [2.05, 4.69) is 36.3 Å². The molecule has 0 aliphatic rings. The molecule has 3 nitrogen and oxygen atoms in total. The molecular formula is C15H20ClN3S. The van der Waals surface area contributed by atoms with Crippen LogP contribution in [0, 0.1) is 6.92 Å². The van der Waals surface area contributed by atoms with E-state index >= 15 is 0 Å². The fourth-order valence-electron chi connectivity index (χ4n) is 1.80. The van der Waals surface area contributed by atoms with Crippen LogP contribution in [-0.2, 0) is 6.42 Å². The van der Waals surface area contributed by atoms with Crippen LogP contribution in [0.15, 0.2) is 18.2 Å². The highest BCUT2D eigenvalue weighted by molar-refractivity contribution is 7.14. The minimum Gasteiger partial charge on any atom is -0.312 e. The van der Waals surface area contributed by atoms with Gasteiger partial charge in [0.25, 0.3) is 0 Å². The smallest absolute Gasteiger partial charge is 0.149 e. The molecule has 0 bridgehead atoms. The fourth-order valence-corrected chi connectivity index (χ4v) is 3.06. The maximum absolute atomic E-state index is 6.26. The van der Waals surface area contributed by atoms with E-state index in [0.29, 0.717) is 0 Å². The zero-order valence-electron chi connectivity index (χ0n) is 12.3. The molecule has 108 valence electrons. The average Bonchev–Trinajstić information content (AvgIpc) is 2.75. The molecular weight excluding hydrogens is 290 g/mol. The van der Waals surface area contributed by atoms with E-state index in [0.717, 1.165) is 39.1 Å². The van der Waals surface area contributed by atoms with Gasteiger partial charge in [0.05, 0.1) is 5.02 Å². The molecule has 0 aliphatic heterocycles. The molecule has 0 atom stereocenters. The fraction of sp³-hybridized carbons (Fsp3) is 0.467. The van der Waals surface area contributed by atoms with Gasteiger partial charge in [0, 0.05) is 24.1 Å². The highest BCUT2D eigenvalue weighted by Gasteiger charge is 2.12. The number of hydrogen-bond donors (Lipinski definition) is 1. The van der Waals surface area contributed by atoms with Crippen LogP contribution in [0.4, 0.5) is 0 Å². The SMILES string of the molecule is Cc1ccc(-c2nnc(CCNC(C)(C)C)s2)c(Cl)c1. The Morgan fingerprint density at radius 2 is 2.00 bits per heavy atom. The molecule has 5 heteroatoms. The summed E-state index contributed by atoms with van der Waals surface area (Å²) >= 11 is 7.87. The minimum absolute atomic E-state index is 0.133. The van der Waals surface area contributed by atoms with Crippen LogP contribution in [0.2, 0.25) is 5.02 Å². The van der Waals surface area contributed by atoms with Crippen molar-refractivity contribution in [2.24, 2.45) is 0 Å². The first-order valence-electron chi connectivity index (χ1n) is 6.69. The minimum atomic E-state index is 0.133. The van der Waals surface area contributed by atoms with Crippen LogP contribution in [-0.4, -0.2) is 22.3 Å². The third-order valence-electron chi connectivity index (χ3n) is 2.82. The van der Waals surface area contributed by atoms with E-state index in [4.69, 9.17) is 11.6 Å². The van der Waals surface area contributed by atoms with Crippen LogP contribution in [0.5, 0.6) is 0 Å². The molecule has 1 aromatic heterocycles. The molecule has 0 fully saturated rings. The molecule has 0 spiro atoms. The van der Waals surface area contributed by atoms with Gasteiger partial charge in [-0.1, -0.05) is 35.1 Å². The third-order valence-corrected chi connectivity index (χ3v) is 4.15. The quantitative estimate of drug-likeness (QED) is 0.924. The lowest BCUT2D eigenvalue weighted by Gasteiger charge is -2.19. The Morgan fingerprint density at radius 1 is 1.25 bits per heavy atom. The van der Waals surface area contributed by atoms with Crippen LogP contribution in [0.1, 0.15) is 31.3 Å². The van der Waals surface area contributed by atoms with E-state index in [1.807, 2.05) is 25.1 Å². The van der Waals surface area contributed by atoms with E-state index in [-0.39, 0.29) is 5.54 Å². The van der Waals surface area contributed by atoms with Gasteiger partial charge in [-0.3, -0.25) is 0 Å². The Kier molecular flexibility index (Phi) is 4.78. The van der Waals surface area contributed by atoms with Crippen molar-refractivity contribution in [3.8, 4) is 10.6 Å². The molecule has 0 saturated heterocycles. The number of aryl methyl sites for hydroxylation is 1. The van der Waals surface area contributed by atoms with Gasteiger partial charge in [-0.2, -0.15) is 0 Å². The highest BCUT2D eigenvalue weighted by atomic mass is 35.5. The second-order valence-electron chi connectivity index (χ2n) is 5.91.